The van der Waals surface area contributed by atoms with E-state index >= 15 is 0 Å². The molecule has 5 nitrogen and oxygen atoms in total. The van der Waals surface area contributed by atoms with Crippen LogP contribution in [0.2, 0.25) is 5.02 Å². The Bertz CT molecular complexity index is 1020. The number of allylic oxidation sites excluding steroid dienone is 2. The fraction of sp³-hybridized carbons (Fsp3) is 0.211. The van der Waals surface area contributed by atoms with Crippen LogP contribution in [0.5, 0.6) is 0 Å². The van der Waals surface area contributed by atoms with Crippen LogP contribution >= 0.6 is 22.9 Å². The second kappa shape index (κ2) is 6.07. The maximum Gasteiger partial charge on any atom is 0.226 e. The number of nitrogens with one attached hydrogen (secondary N) is 1. The number of rotatable bonds is 2. The minimum Gasteiger partial charge on any atom is -0.328 e. The zero-order valence-electron chi connectivity index (χ0n) is 13.7. The number of hydrogen-bond acceptors (Lipinski definition) is 5. The molecule has 1 aliphatic heterocycles. The summed E-state index contributed by atoms with van der Waals surface area (Å²) in [6, 6.07) is 11.4. The van der Waals surface area contributed by atoms with Gasteiger partial charge in [-0.2, -0.15) is 10.1 Å². The van der Waals surface area contributed by atoms with E-state index in [1.54, 1.807) is 16.0 Å². The Hall–Kier alpha value is -2.44. The van der Waals surface area contributed by atoms with Crippen LogP contribution in [0.15, 0.2) is 59.4 Å². The Morgan fingerprint density at radius 3 is 2.88 bits per heavy atom. The molecule has 1 aliphatic carbocycles. The standard InChI is InChI=1S/C19H15ClN4OS/c20-13-5-2-1-4-12(13)18-17-14(23-19-21-10-22-24(18)19)8-11(9-15(17)25)16-6-3-7-26-16/h1-7,10-11,18H,8-9H2,(H,21,22,23). The van der Waals surface area contributed by atoms with Crippen molar-refractivity contribution in [1.82, 2.24) is 14.8 Å². The van der Waals surface area contributed by atoms with Gasteiger partial charge in [-0.05, 0) is 23.9 Å². The van der Waals surface area contributed by atoms with E-state index in [0.29, 0.717) is 17.4 Å². The Labute approximate surface area is 159 Å². The zero-order chi connectivity index (χ0) is 17.7. The number of anilines is 1. The summed E-state index contributed by atoms with van der Waals surface area (Å²) in [5, 5.41) is 10.4. The van der Waals surface area contributed by atoms with Crippen LogP contribution in [0, 0.1) is 0 Å². The second-order valence-electron chi connectivity index (χ2n) is 6.51. The van der Waals surface area contributed by atoms with Gasteiger partial charge in [-0.3, -0.25) is 4.79 Å². The number of Topliss-reactive ketones (excluding diaryl/α,β-unsaturated/α-hetero) is 1. The largest absolute Gasteiger partial charge is 0.328 e. The maximum absolute atomic E-state index is 13.2. The van der Waals surface area contributed by atoms with E-state index in [9.17, 15) is 4.79 Å². The predicted molar refractivity (Wildman–Crippen MR) is 102 cm³/mol. The SMILES string of the molecule is O=C1CC(c2cccs2)CC2=C1C(c1ccccc1Cl)n1ncnc1N2. The molecule has 0 bridgehead atoms. The lowest BCUT2D eigenvalue weighted by Gasteiger charge is -2.35. The second-order valence-corrected chi connectivity index (χ2v) is 7.90. The lowest BCUT2D eigenvalue weighted by molar-refractivity contribution is -0.116. The van der Waals surface area contributed by atoms with Crippen molar-refractivity contribution in [2.75, 3.05) is 5.32 Å². The number of halogens is 1. The van der Waals surface area contributed by atoms with Crippen molar-refractivity contribution in [2.24, 2.45) is 0 Å². The van der Waals surface area contributed by atoms with E-state index in [0.717, 1.165) is 23.3 Å². The van der Waals surface area contributed by atoms with Crippen LogP contribution in [-0.4, -0.2) is 20.5 Å². The molecule has 2 aromatic heterocycles. The average Bonchev–Trinajstić information content (AvgIpc) is 3.32. The first-order valence-corrected chi connectivity index (χ1v) is 9.68. The molecule has 5 rings (SSSR count). The topological polar surface area (TPSA) is 59.8 Å². The van der Waals surface area contributed by atoms with Crippen molar-refractivity contribution in [3.8, 4) is 0 Å². The third-order valence-electron chi connectivity index (χ3n) is 5.01. The molecule has 2 aliphatic rings. The number of ketones is 1. The molecule has 0 radical (unpaired) electrons. The van der Waals surface area contributed by atoms with Crippen molar-refractivity contribution >= 4 is 34.7 Å². The van der Waals surface area contributed by atoms with Crippen LogP contribution in [0.4, 0.5) is 5.95 Å². The minimum absolute atomic E-state index is 0.142. The van der Waals surface area contributed by atoms with Gasteiger partial charge in [-0.25, -0.2) is 4.68 Å². The van der Waals surface area contributed by atoms with E-state index in [1.165, 1.54) is 11.2 Å². The molecule has 0 fully saturated rings. The van der Waals surface area contributed by atoms with Crippen molar-refractivity contribution in [1.29, 1.82) is 0 Å². The van der Waals surface area contributed by atoms with Gasteiger partial charge >= 0.3 is 0 Å². The smallest absolute Gasteiger partial charge is 0.226 e. The van der Waals surface area contributed by atoms with E-state index in [2.05, 4.69) is 26.8 Å². The third kappa shape index (κ3) is 2.40. The maximum atomic E-state index is 13.2. The van der Waals surface area contributed by atoms with Gasteiger partial charge in [0.15, 0.2) is 5.78 Å². The van der Waals surface area contributed by atoms with Crippen molar-refractivity contribution < 1.29 is 4.79 Å². The summed E-state index contributed by atoms with van der Waals surface area (Å²) in [5.74, 6) is 0.992. The van der Waals surface area contributed by atoms with Gasteiger partial charge in [-0.1, -0.05) is 35.9 Å². The Morgan fingerprint density at radius 2 is 2.08 bits per heavy atom. The number of fused-ring (bicyclic) bond motifs is 1. The van der Waals surface area contributed by atoms with Gasteiger partial charge < -0.3 is 5.32 Å². The molecule has 0 saturated heterocycles. The molecule has 3 heterocycles. The van der Waals surface area contributed by atoms with Crippen molar-refractivity contribution in [3.05, 3.63) is 74.8 Å². The van der Waals surface area contributed by atoms with Gasteiger partial charge in [0.2, 0.25) is 5.95 Å². The molecule has 2 atom stereocenters. The highest BCUT2D eigenvalue weighted by molar-refractivity contribution is 7.10. The summed E-state index contributed by atoms with van der Waals surface area (Å²) < 4.78 is 1.75. The lowest BCUT2D eigenvalue weighted by atomic mass is 9.80. The summed E-state index contributed by atoms with van der Waals surface area (Å²) in [5.41, 5.74) is 2.56. The number of thiophene rings is 1. The molecule has 0 spiro atoms. The third-order valence-corrected chi connectivity index (χ3v) is 6.39. The molecule has 130 valence electrons. The molecule has 3 aromatic rings. The number of nitrogens with zero attached hydrogens (tertiary/aromatic N) is 3. The van der Waals surface area contributed by atoms with Gasteiger partial charge in [-0.15, -0.1) is 11.3 Å². The van der Waals surface area contributed by atoms with Crippen LogP contribution in [0.1, 0.15) is 35.2 Å². The molecule has 7 heteroatoms. The normalized spacial score (nSPS) is 22.0. The number of carbonyl (C=O) groups is 1. The highest BCUT2D eigenvalue weighted by Crippen LogP contribution is 2.45. The van der Waals surface area contributed by atoms with E-state index in [1.807, 2.05) is 30.3 Å². The van der Waals surface area contributed by atoms with Gasteiger partial charge in [0.25, 0.3) is 0 Å². The number of carbonyl (C=O) groups excluding carboxylic acids is 1. The minimum atomic E-state index is -0.339. The first kappa shape index (κ1) is 15.8. The molecule has 0 saturated carbocycles. The quantitative estimate of drug-likeness (QED) is 0.713. The van der Waals surface area contributed by atoms with E-state index in [4.69, 9.17) is 11.6 Å². The van der Waals surface area contributed by atoms with Crippen LogP contribution in [-0.2, 0) is 4.79 Å². The van der Waals surface area contributed by atoms with Crippen LogP contribution in [0.25, 0.3) is 0 Å². The first-order chi connectivity index (χ1) is 12.7. The molecule has 1 aromatic carbocycles. The zero-order valence-corrected chi connectivity index (χ0v) is 15.3. The van der Waals surface area contributed by atoms with Crippen molar-refractivity contribution in [2.45, 2.75) is 24.8 Å². The molecule has 0 amide bonds. The van der Waals surface area contributed by atoms with E-state index < -0.39 is 0 Å². The molecule has 2 unspecified atom stereocenters. The Morgan fingerprint density at radius 1 is 1.19 bits per heavy atom. The summed E-state index contributed by atoms with van der Waals surface area (Å²) in [6.45, 7) is 0. The van der Waals surface area contributed by atoms with Crippen LogP contribution in [0.3, 0.4) is 0 Å². The van der Waals surface area contributed by atoms with Gasteiger partial charge in [0.1, 0.15) is 12.4 Å². The monoisotopic (exact) mass is 382 g/mol. The molecule has 1 N–H and O–H groups in total. The van der Waals surface area contributed by atoms with Crippen molar-refractivity contribution in [3.63, 3.8) is 0 Å². The van der Waals surface area contributed by atoms with Gasteiger partial charge in [0.05, 0.1) is 0 Å². The Kier molecular flexibility index (Phi) is 3.69. The summed E-state index contributed by atoms with van der Waals surface area (Å²) in [6.07, 6.45) is 2.80. The molecular formula is C19H15ClN4OS. The lowest BCUT2D eigenvalue weighted by Crippen LogP contribution is -2.33. The molecular weight excluding hydrogens is 368 g/mol. The summed E-state index contributed by atoms with van der Waals surface area (Å²) >= 11 is 8.17. The van der Waals surface area contributed by atoms with E-state index in [-0.39, 0.29) is 17.7 Å². The van der Waals surface area contributed by atoms with Crippen LogP contribution < -0.4 is 5.32 Å². The summed E-state index contributed by atoms with van der Waals surface area (Å²) in [4.78, 5) is 18.7. The highest BCUT2D eigenvalue weighted by Gasteiger charge is 2.40. The number of aromatic nitrogens is 3. The number of benzene rings is 1. The first-order valence-electron chi connectivity index (χ1n) is 8.43. The highest BCUT2D eigenvalue weighted by atomic mass is 35.5. The fourth-order valence-electron chi connectivity index (χ4n) is 3.86. The average molecular weight is 383 g/mol. The molecule has 26 heavy (non-hydrogen) atoms. The predicted octanol–water partition coefficient (Wildman–Crippen LogP) is 4.41. The summed E-state index contributed by atoms with van der Waals surface area (Å²) in [7, 11) is 0. The van der Waals surface area contributed by atoms with Gasteiger partial charge in [0, 0.05) is 39.1 Å². The number of hydrogen-bond donors (Lipinski definition) is 1. The Balaban J connectivity index is 1.65. The fourth-order valence-corrected chi connectivity index (χ4v) is 4.93.